The van der Waals surface area contributed by atoms with Gasteiger partial charge in [0.25, 0.3) is 13.4 Å². The minimum absolute atomic E-state index is 0.0442. The Morgan fingerprint density at radius 3 is 0.919 bits per heavy atom. The van der Waals surface area contributed by atoms with Gasteiger partial charge in [-0.15, -0.1) is 0 Å². The number of rotatable bonds is 4. The first kappa shape index (κ1) is 40.5. The number of benzene rings is 11. The lowest BCUT2D eigenvalue weighted by Gasteiger charge is -2.50. The van der Waals surface area contributed by atoms with Crippen molar-refractivity contribution in [2.45, 2.75) is 0 Å². The van der Waals surface area contributed by atoms with Crippen molar-refractivity contribution in [1.29, 1.82) is 0 Å². The summed E-state index contributed by atoms with van der Waals surface area (Å²) >= 11 is 0. The molecule has 17 rings (SSSR count). The van der Waals surface area contributed by atoms with Crippen LogP contribution < -0.4 is 85.2 Å². The molecule has 338 valence electrons. The molecule has 0 spiro atoms. The third-order valence-electron chi connectivity index (χ3n) is 17.1. The molecular formula is C66H42B4N4. The van der Waals surface area contributed by atoms with Gasteiger partial charge in [0.05, 0.1) is 0 Å². The van der Waals surface area contributed by atoms with E-state index in [0.29, 0.717) is 0 Å². The summed E-state index contributed by atoms with van der Waals surface area (Å²) in [5, 5.41) is 0. The lowest BCUT2D eigenvalue weighted by Crippen LogP contribution is -2.69. The van der Waals surface area contributed by atoms with Crippen LogP contribution in [0.1, 0.15) is 0 Å². The molecule has 0 N–H and O–H groups in total. The fourth-order valence-corrected chi connectivity index (χ4v) is 14.4. The van der Waals surface area contributed by atoms with Crippen molar-refractivity contribution in [1.82, 2.24) is 0 Å². The third kappa shape index (κ3) is 5.31. The maximum Gasteiger partial charge on any atom is 0.252 e. The molecule has 6 aliphatic rings. The van der Waals surface area contributed by atoms with Gasteiger partial charge in [-0.3, -0.25) is 0 Å². The Kier molecular flexibility index (Phi) is 8.32. The zero-order chi connectivity index (χ0) is 48.2. The van der Waals surface area contributed by atoms with Gasteiger partial charge in [0.2, 0.25) is 13.4 Å². The van der Waals surface area contributed by atoms with Crippen LogP contribution in [0, 0.1) is 0 Å². The van der Waals surface area contributed by atoms with Crippen LogP contribution in [0.25, 0.3) is 0 Å². The molecule has 11 aromatic carbocycles. The third-order valence-corrected chi connectivity index (χ3v) is 17.1. The summed E-state index contributed by atoms with van der Waals surface area (Å²) in [7, 11) is 0. The Balaban J connectivity index is 1.01. The Morgan fingerprint density at radius 2 is 0.527 bits per heavy atom. The molecule has 0 unspecified atom stereocenters. The quantitative estimate of drug-likeness (QED) is 0.170. The average molecular weight is 934 g/mol. The minimum Gasteiger partial charge on any atom is -0.312 e. The predicted octanol–water partition coefficient (Wildman–Crippen LogP) is 7.51. The second kappa shape index (κ2) is 15.2. The van der Waals surface area contributed by atoms with Gasteiger partial charge in [-0.05, 0) is 121 Å². The summed E-state index contributed by atoms with van der Waals surface area (Å²) in [5.74, 6) is 0. The monoisotopic (exact) mass is 934 g/mol. The van der Waals surface area contributed by atoms with E-state index in [9.17, 15) is 0 Å². The number of para-hydroxylation sites is 6. The van der Waals surface area contributed by atoms with E-state index in [-0.39, 0.29) is 26.9 Å². The molecule has 0 aliphatic carbocycles. The highest BCUT2D eigenvalue weighted by molar-refractivity contribution is 7.06. The standard InChI is InChI=1S/C66H42B4N4/c1-5-21-43(22-6-1)67-47-29-13-19-35-57(47)73-61-42-62-54(41-53(61)69-49-31-15-17-33-55(49)71(45-25-9-3-10-26-45)59-39-37-51(67)65(73)63(59)69)70-50-32-16-18-34-56(50)72(46-27-11-4-12-28-46)60-40-38-52-66(64(60)70)74(62)58-36-20-14-30-48(58)68(52)44-23-7-2-8-24-44/h1-42H. The number of hydrogen-bond donors (Lipinski definition) is 0. The van der Waals surface area contributed by atoms with Crippen LogP contribution in [0.3, 0.4) is 0 Å². The van der Waals surface area contributed by atoms with Gasteiger partial charge < -0.3 is 19.6 Å². The zero-order valence-electron chi connectivity index (χ0n) is 40.3. The largest absolute Gasteiger partial charge is 0.312 e. The highest BCUT2D eigenvalue weighted by Crippen LogP contribution is 2.49. The molecular weight excluding hydrogens is 892 g/mol. The van der Waals surface area contributed by atoms with Crippen molar-refractivity contribution < 1.29 is 0 Å². The normalized spacial score (nSPS) is 14.3. The summed E-state index contributed by atoms with van der Waals surface area (Å²) in [6.45, 7) is 0.0120. The van der Waals surface area contributed by atoms with E-state index in [1.165, 1.54) is 122 Å². The van der Waals surface area contributed by atoms with Crippen molar-refractivity contribution in [2.24, 2.45) is 0 Å². The maximum absolute atomic E-state index is 2.67. The molecule has 0 fully saturated rings. The van der Waals surface area contributed by atoms with Crippen LogP contribution in [0.15, 0.2) is 255 Å². The van der Waals surface area contributed by atoms with Crippen molar-refractivity contribution >= 4 is 161 Å². The lowest BCUT2D eigenvalue weighted by molar-refractivity contribution is 1.24. The van der Waals surface area contributed by atoms with Gasteiger partial charge in [0.1, 0.15) is 0 Å². The molecule has 0 aromatic heterocycles. The number of hydrogen-bond acceptors (Lipinski definition) is 4. The van der Waals surface area contributed by atoms with Gasteiger partial charge in [-0.1, -0.05) is 199 Å². The Bertz CT molecular complexity index is 3620. The van der Waals surface area contributed by atoms with Crippen LogP contribution in [0.2, 0.25) is 0 Å². The topological polar surface area (TPSA) is 13.0 Å². The van der Waals surface area contributed by atoms with E-state index in [1.807, 2.05) is 0 Å². The number of nitrogens with zero attached hydrogens (tertiary/aromatic N) is 4. The first-order chi connectivity index (χ1) is 36.8. The predicted molar refractivity (Wildman–Crippen MR) is 317 cm³/mol. The van der Waals surface area contributed by atoms with Crippen LogP contribution in [0.5, 0.6) is 0 Å². The summed E-state index contributed by atoms with van der Waals surface area (Å²) in [6.07, 6.45) is 0. The lowest BCUT2D eigenvalue weighted by atomic mass is 9.27. The van der Waals surface area contributed by atoms with E-state index in [1.54, 1.807) is 0 Å². The summed E-state index contributed by atoms with van der Waals surface area (Å²) < 4.78 is 0. The molecule has 8 heteroatoms. The fourth-order valence-electron chi connectivity index (χ4n) is 14.4. The van der Waals surface area contributed by atoms with Gasteiger partial charge >= 0.3 is 0 Å². The van der Waals surface area contributed by atoms with E-state index in [2.05, 4.69) is 274 Å². The van der Waals surface area contributed by atoms with Gasteiger partial charge in [-0.25, -0.2) is 0 Å². The molecule has 0 bridgehead atoms. The first-order valence-corrected chi connectivity index (χ1v) is 26.1. The molecule has 4 nitrogen and oxygen atoms in total. The van der Waals surface area contributed by atoms with Crippen molar-refractivity contribution in [3.05, 3.63) is 255 Å². The molecule has 0 saturated heterocycles. The van der Waals surface area contributed by atoms with Gasteiger partial charge in [0, 0.05) is 68.2 Å². The van der Waals surface area contributed by atoms with Crippen LogP contribution >= 0.6 is 0 Å². The molecule has 6 heterocycles. The molecule has 11 aromatic rings. The van der Waals surface area contributed by atoms with Crippen LogP contribution in [-0.4, -0.2) is 26.9 Å². The van der Waals surface area contributed by atoms with E-state index in [0.717, 1.165) is 11.4 Å². The molecule has 0 saturated carbocycles. The van der Waals surface area contributed by atoms with Crippen molar-refractivity contribution in [3.63, 3.8) is 0 Å². The SMILES string of the molecule is c1ccc(B2c3ccccc3N3c4cc5c(cc4B4c6ccccc6N(c6ccccc6)c6ccc2c3c64)B2c3ccccc3N(c3ccccc3)c3ccc4c(c32)N5c2ccccc2B4c2ccccc2)cc1. The second-order valence-electron chi connectivity index (χ2n) is 20.6. The Morgan fingerprint density at radius 1 is 0.203 bits per heavy atom. The highest BCUT2D eigenvalue weighted by Gasteiger charge is 2.52. The molecule has 0 amide bonds. The van der Waals surface area contributed by atoms with Gasteiger partial charge in [-0.2, -0.15) is 0 Å². The van der Waals surface area contributed by atoms with E-state index in [4.69, 9.17) is 0 Å². The average Bonchev–Trinajstić information content (AvgIpc) is 3.50. The summed E-state index contributed by atoms with van der Waals surface area (Å²) in [6, 6.07) is 96.2. The fraction of sp³-hybridized carbons (Fsp3) is 0. The maximum atomic E-state index is 2.67. The summed E-state index contributed by atoms with van der Waals surface area (Å²) in [4.78, 5) is 10.4. The Labute approximate surface area is 432 Å². The molecule has 0 radical (unpaired) electrons. The molecule has 74 heavy (non-hydrogen) atoms. The van der Waals surface area contributed by atoms with Crippen LogP contribution in [0.4, 0.5) is 68.2 Å². The molecule has 6 aliphatic heterocycles. The molecule has 0 atom stereocenters. The second-order valence-corrected chi connectivity index (χ2v) is 20.6. The number of fused-ring (bicyclic) bond motifs is 14. The summed E-state index contributed by atoms with van der Waals surface area (Å²) in [5.41, 5.74) is 30.7. The minimum atomic E-state index is -0.0442. The van der Waals surface area contributed by atoms with Gasteiger partial charge in [0.15, 0.2) is 0 Å². The number of anilines is 12. The highest BCUT2D eigenvalue weighted by atomic mass is 15.2. The smallest absolute Gasteiger partial charge is 0.252 e. The van der Waals surface area contributed by atoms with Crippen molar-refractivity contribution in [3.8, 4) is 0 Å². The Hall–Kier alpha value is -9.12. The zero-order valence-corrected chi connectivity index (χ0v) is 40.3. The van der Waals surface area contributed by atoms with Crippen molar-refractivity contribution in [2.75, 3.05) is 19.6 Å². The van der Waals surface area contributed by atoms with E-state index >= 15 is 0 Å². The van der Waals surface area contributed by atoms with Crippen LogP contribution in [-0.2, 0) is 0 Å². The first-order valence-electron chi connectivity index (χ1n) is 26.1. The van der Waals surface area contributed by atoms with E-state index < -0.39 is 0 Å².